The molecule has 1 aliphatic carbocycles. The van der Waals surface area contributed by atoms with Gasteiger partial charge in [0.1, 0.15) is 0 Å². The predicted octanol–water partition coefficient (Wildman–Crippen LogP) is 4.43. The highest BCUT2D eigenvalue weighted by atomic mass is 79.9. The maximum absolute atomic E-state index is 11.8. The average Bonchev–Trinajstić information content (AvgIpc) is 3.19. The Bertz CT molecular complexity index is 661. The lowest BCUT2D eigenvalue weighted by Crippen LogP contribution is -2.07. The van der Waals surface area contributed by atoms with Crippen molar-refractivity contribution in [3.63, 3.8) is 0 Å². The summed E-state index contributed by atoms with van der Waals surface area (Å²) in [4.78, 5) is 16.3. The Morgan fingerprint density at radius 2 is 2.20 bits per heavy atom. The molecule has 1 saturated carbocycles. The van der Waals surface area contributed by atoms with Crippen LogP contribution in [0, 0.1) is 0 Å². The molecule has 5 heteroatoms. The number of halogens is 1. The molecule has 0 spiro atoms. The van der Waals surface area contributed by atoms with Gasteiger partial charge >= 0.3 is 0 Å². The molecule has 0 atom stereocenters. The van der Waals surface area contributed by atoms with E-state index in [1.54, 1.807) is 6.08 Å². The second-order valence-electron chi connectivity index (χ2n) is 4.70. The molecule has 0 bridgehead atoms. The van der Waals surface area contributed by atoms with Gasteiger partial charge in [-0.3, -0.25) is 10.1 Å². The highest BCUT2D eigenvalue weighted by Crippen LogP contribution is 2.40. The van der Waals surface area contributed by atoms with Gasteiger partial charge in [0.15, 0.2) is 5.13 Å². The fourth-order valence-electron chi connectivity index (χ4n) is 1.83. The summed E-state index contributed by atoms with van der Waals surface area (Å²) in [6, 6.07) is 7.77. The second kappa shape index (κ2) is 5.89. The SMILES string of the molecule is O=C(/C=C/c1ccccc1Br)Nc1nc(C2CC2)cs1. The van der Waals surface area contributed by atoms with E-state index in [2.05, 4.69) is 26.2 Å². The fourth-order valence-corrected chi connectivity index (χ4v) is 3.05. The van der Waals surface area contributed by atoms with Crippen molar-refractivity contribution in [1.29, 1.82) is 0 Å². The highest BCUT2D eigenvalue weighted by Gasteiger charge is 2.26. The number of amides is 1. The second-order valence-corrected chi connectivity index (χ2v) is 6.41. The zero-order chi connectivity index (χ0) is 13.9. The molecule has 102 valence electrons. The van der Waals surface area contributed by atoms with E-state index in [0.29, 0.717) is 11.0 Å². The molecule has 1 aromatic carbocycles. The third kappa shape index (κ3) is 3.35. The van der Waals surface area contributed by atoms with Crippen LogP contribution in [0.4, 0.5) is 5.13 Å². The molecule has 1 aliphatic rings. The number of benzene rings is 1. The topological polar surface area (TPSA) is 42.0 Å². The number of carbonyl (C=O) groups is 1. The lowest BCUT2D eigenvalue weighted by atomic mass is 10.2. The molecule has 1 aromatic heterocycles. The standard InChI is InChI=1S/C15H13BrN2OS/c16-12-4-2-1-3-10(12)7-8-14(19)18-15-17-13(9-20-15)11-5-6-11/h1-4,7-9,11H,5-6H2,(H,17,18,19)/b8-7+. The first-order chi connectivity index (χ1) is 9.72. The number of rotatable bonds is 4. The van der Waals surface area contributed by atoms with Gasteiger partial charge < -0.3 is 0 Å². The molecule has 1 N–H and O–H groups in total. The monoisotopic (exact) mass is 348 g/mol. The molecule has 0 aliphatic heterocycles. The van der Waals surface area contributed by atoms with E-state index in [0.717, 1.165) is 15.7 Å². The Balaban J connectivity index is 1.62. The summed E-state index contributed by atoms with van der Waals surface area (Å²) in [5.74, 6) is 0.463. The molecule has 3 nitrogen and oxygen atoms in total. The molecule has 0 radical (unpaired) electrons. The first-order valence-electron chi connectivity index (χ1n) is 6.41. The van der Waals surface area contributed by atoms with E-state index >= 15 is 0 Å². The third-order valence-electron chi connectivity index (χ3n) is 3.07. The van der Waals surface area contributed by atoms with Crippen LogP contribution in [0.1, 0.15) is 30.0 Å². The molecule has 20 heavy (non-hydrogen) atoms. The molecule has 0 saturated heterocycles. The van der Waals surface area contributed by atoms with E-state index in [4.69, 9.17) is 0 Å². The summed E-state index contributed by atoms with van der Waals surface area (Å²) in [5.41, 5.74) is 2.08. The predicted molar refractivity (Wildman–Crippen MR) is 85.9 cm³/mol. The molecule has 3 rings (SSSR count). The van der Waals surface area contributed by atoms with Crippen LogP contribution in [0.3, 0.4) is 0 Å². The Morgan fingerprint density at radius 3 is 2.95 bits per heavy atom. The van der Waals surface area contributed by atoms with Crippen molar-refractivity contribution in [2.45, 2.75) is 18.8 Å². The number of nitrogens with zero attached hydrogens (tertiary/aromatic N) is 1. The van der Waals surface area contributed by atoms with Crippen LogP contribution in [-0.4, -0.2) is 10.9 Å². The fraction of sp³-hybridized carbons (Fsp3) is 0.200. The van der Waals surface area contributed by atoms with Crippen LogP contribution >= 0.6 is 27.3 Å². The third-order valence-corrected chi connectivity index (χ3v) is 4.57. The van der Waals surface area contributed by atoms with Crippen molar-refractivity contribution in [3.8, 4) is 0 Å². The summed E-state index contributed by atoms with van der Waals surface area (Å²) < 4.78 is 0.967. The Hall–Kier alpha value is -1.46. The quantitative estimate of drug-likeness (QED) is 0.830. The molecule has 0 unspecified atom stereocenters. The number of thiazole rings is 1. The summed E-state index contributed by atoms with van der Waals surface area (Å²) in [5, 5.41) is 5.51. The molecular weight excluding hydrogens is 336 g/mol. The number of aromatic nitrogens is 1. The Kier molecular flexibility index (Phi) is 3.98. The van der Waals surface area contributed by atoms with Crippen LogP contribution in [0.25, 0.3) is 6.08 Å². The zero-order valence-electron chi connectivity index (χ0n) is 10.7. The van der Waals surface area contributed by atoms with Gasteiger partial charge in [0.2, 0.25) is 5.91 Å². The van der Waals surface area contributed by atoms with E-state index in [-0.39, 0.29) is 5.91 Å². The van der Waals surface area contributed by atoms with Crippen LogP contribution in [0.2, 0.25) is 0 Å². The van der Waals surface area contributed by atoms with E-state index in [9.17, 15) is 4.79 Å². The average molecular weight is 349 g/mol. The number of nitrogens with one attached hydrogen (secondary N) is 1. The van der Waals surface area contributed by atoms with Gasteiger partial charge in [-0.2, -0.15) is 0 Å². The Labute approximate surface area is 129 Å². The first kappa shape index (κ1) is 13.5. The molecule has 1 fully saturated rings. The van der Waals surface area contributed by atoms with Crippen molar-refractivity contribution in [2.75, 3.05) is 5.32 Å². The largest absolute Gasteiger partial charge is 0.298 e. The summed E-state index contributed by atoms with van der Waals surface area (Å²) in [6.07, 6.45) is 5.76. The maximum Gasteiger partial charge on any atom is 0.250 e. The zero-order valence-corrected chi connectivity index (χ0v) is 13.1. The van der Waals surface area contributed by atoms with Gasteiger partial charge in [-0.05, 0) is 30.5 Å². The lowest BCUT2D eigenvalue weighted by Gasteiger charge is -1.98. The number of hydrogen-bond donors (Lipinski definition) is 1. The normalized spacial score (nSPS) is 14.7. The minimum absolute atomic E-state index is 0.155. The van der Waals surface area contributed by atoms with E-state index < -0.39 is 0 Å². The van der Waals surface area contributed by atoms with Gasteiger partial charge in [-0.15, -0.1) is 11.3 Å². The smallest absolute Gasteiger partial charge is 0.250 e. The summed E-state index contributed by atoms with van der Waals surface area (Å²) in [7, 11) is 0. The number of carbonyl (C=O) groups excluding carboxylic acids is 1. The first-order valence-corrected chi connectivity index (χ1v) is 8.08. The molecule has 1 amide bonds. The van der Waals surface area contributed by atoms with Crippen molar-refractivity contribution in [2.24, 2.45) is 0 Å². The van der Waals surface area contributed by atoms with Crippen molar-refractivity contribution in [1.82, 2.24) is 4.98 Å². The maximum atomic E-state index is 11.8. The van der Waals surface area contributed by atoms with Crippen LogP contribution in [0.15, 0.2) is 40.2 Å². The van der Waals surface area contributed by atoms with Crippen LogP contribution in [-0.2, 0) is 4.79 Å². The molecule has 2 aromatic rings. The highest BCUT2D eigenvalue weighted by molar-refractivity contribution is 9.10. The van der Waals surface area contributed by atoms with Gasteiger partial charge in [0, 0.05) is 21.8 Å². The summed E-state index contributed by atoms with van der Waals surface area (Å²) in [6.45, 7) is 0. The minimum Gasteiger partial charge on any atom is -0.298 e. The van der Waals surface area contributed by atoms with E-state index in [1.165, 1.54) is 30.3 Å². The Morgan fingerprint density at radius 1 is 1.40 bits per heavy atom. The number of anilines is 1. The molecular formula is C15H13BrN2OS. The lowest BCUT2D eigenvalue weighted by molar-refractivity contribution is -0.111. The van der Waals surface area contributed by atoms with Gasteiger partial charge in [-0.1, -0.05) is 34.1 Å². The van der Waals surface area contributed by atoms with Gasteiger partial charge in [0.05, 0.1) is 5.69 Å². The minimum atomic E-state index is -0.155. The van der Waals surface area contributed by atoms with Gasteiger partial charge in [0.25, 0.3) is 0 Å². The van der Waals surface area contributed by atoms with Gasteiger partial charge in [-0.25, -0.2) is 4.98 Å². The van der Waals surface area contributed by atoms with Crippen molar-refractivity contribution >= 4 is 44.4 Å². The summed E-state index contributed by atoms with van der Waals surface area (Å²) >= 11 is 4.93. The van der Waals surface area contributed by atoms with Crippen LogP contribution in [0.5, 0.6) is 0 Å². The van der Waals surface area contributed by atoms with Crippen LogP contribution < -0.4 is 5.32 Å². The van der Waals surface area contributed by atoms with Crippen molar-refractivity contribution in [3.05, 3.63) is 51.5 Å². The van der Waals surface area contributed by atoms with Crippen molar-refractivity contribution < 1.29 is 4.79 Å². The number of hydrogen-bond acceptors (Lipinski definition) is 3. The molecule has 1 heterocycles. The van der Waals surface area contributed by atoms with E-state index in [1.807, 2.05) is 29.6 Å².